The number of anilines is 4. The van der Waals surface area contributed by atoms with Crippen molar-refractivity contribution in [2.75, 3.05) is 58.5 Å². The van der Waals surface area contributed by atoms with E-state index in [9.17, 15) is 46.8 Å². The van der Waals surface area contributed by atoms with Gasteiger partial charge in [-0.15, -0.1) is 11.8 Å². The third-order valence-corrected chi connectivity index (χ3v) is 15.6. The van der Waals surface area contributed by atoms with Crippen LogP contribution in [-0.2, 0) is 31.3 Å². The summed E-state index contributed by atoms with van der Waals surface area (Å²) in [5.41, 5.74) is 3.61. The summed E-state index contributed by atoms with van der Waals surface area (Å²) >= 11 is 7.71. The Morgan fingerprint density at radius 3 is 2.35 bits per heavy atom. The van der Waals surface area contributed by atoms with E-state index < -0.39 is 53.2 Å². The van der Waals surface area contributed by atoms with Gasteiger partial charge in [-0.25, -0.2) is 21.8 Å². The van der Waals surface area contributed by atoms with Gasteiger partial charge >= 0.3 is 11.7 Å². The van der Waals surface area contributed by atoms with E-state index in [2.05, 4.69) is 20.0 Å². The minimum atomic E-state index is -3.74. The predicted molar refractivity (Wildman–Crippen MR) is 295 cm³/mol. The van der Waals surface area contributed by atoms with Crippen molar-refractivity contribution in [2.24, 2.45) is 0 Å². The molecule has 0 saturated carbocycles. The van der Waals surface area contributed by atoms with Crippen molar-refractivity contribution in [3.63, 3.8) is 0 Å². The number of fused-ring (bicyclic) bond motifs is 2. The maximum atomic E-state index is 12.7. The van der Waals surface area contributed by atoms with E-state index >= 15 is 0 Å². The Morgan fingerprint density at radius 1 is 0.987 bits per heavy atom. The molecule has 23 heteroatoms. The molecule has 0 bridgehead atoms. The summed E-state index contributed by atoms with van der Waals surface area (Å²) < 4.78 is 64.7. The van der Waals surface area contributed by atoms with E-state index in [1.807, 2.05) is 56.5 Å². The minimum Gasteiger partial charge on any atom is -0.507 e. The van der Waals surface area contributed by atoms with Crippen molar-refractivity contribution in [3.8, 4) is 28.8 Å². The first-order valence-corrected chi connectivity index (χ1v) is 27.7. The molecule has 75 heavy (non-hydrogen) atoms. The van der Waals surface area contributed by atoms with E-state index in [4.69, 9.17) is 20.8 Å². The van der Waals surface area contributed by atoms with Crippen molar-refractivity contribution in [2.45, 2.75) is 50.3 Å². The number of ether oxygens (including phenoxy) is 1. The Labute approximate surface area is 443 Å². The molecule has 0 radical (unpaired) electrons. The molecule has 19 nitrogen and oxygen atoms in total. The zero-order valence-corrected chi connectivity index (χ0v) is 45.0. The Morgan fingerprint density at radius 2 is 1.71 bits per heavy atom. The average Bonchev–Trinajstić information content (AvgIpc) is 3.36. The minimum absolute atomic E-state index is 0.0128. The second kappa shape index (κ2) is 24.6. The molecule has 3 heterocycles. The molecule has 8 rings (SSSR count). The van der Waals surface area contributed by atoms with E-state index in [0.717, 1.165) is 47.4 Å². The number of nitro benzene ring substituents is 1. The lowest BCUT2D eigenvalue weighted by atomic mass is 10.0. The zero-order valence-electron chi connectivity index (χ0n) is 41.8. The summed E-state index contributed by atoms with van der Waals surface area (Å²) in [5.74, 6) is -1.14. The monoisotopic (exact) mass is 1100 g/mol. The second-order valence-electron chi connectivity index (χ2n) is 16.8. The van der Waals surface area contributed by atoms with Crippen LogP contribution in [0.4, 0.5) is 28.6 Å². The van der Waals surface area contributed by atoms with Gasteiger partial charge in [0.1, 0.15) is 22.6 Å². The van der Waals surface area contributed by atoms with Crippen LogP contribution in [-0.4, -0.2) is 87.1 Å². The van der Waals surface area contributed by atoms with Crippen LogP contribution in [0.15, 0.2) is 128 Å². The molecule has 4 N–H and O–H groups in total. The predicted octanol–water partition coefficient (Wildman–Crippen LogP) is 9.95. The van der Waals surface area contributed by atoms with Crippen molar-refractivity contribution in [1.82, 2.24) is 9.97 Å². The third kappa shape index (κ3) is 13.9. The normalized spacial score (nSPS) is 12.2. The van der Waals surface area contributed by atoms with Gasteiger partial charge in [0, 0.05) is 55.0 Å². The lowest BCUT2D eigenvalue weighted by Gasteiger charge is -2.30. The molecule has 7 aromatic rings. The van der Waals surface area contributed by atoms with Crippen molar-refractivity contribution in [3.05, 3.63) is 157 Å². The van der Waals surface area contributed by atoms with Crippen LogP contribution in [0.2, 0.25) is 5.02 Å². The lowest BCUT2D eigenvalue weighted by molar-refractivity contribution is -0.384. The first kappa shape index (κ1) is 56.6. The molecule has 0 spiro atoms. The van der Waals surface area contributed by atoms with Gasteiger partial charge in [-0.05, 0) is 118 Å². The number of thioether (sulfide) groups is 1. The van der Waals surface area contributed by atoms with Gasteiger partial charge in [0.15, 0.2) is 11.2 Å². The van der Waals surface area contributed by atoms with Crippen LogP contribution in [0.1, 0.15) is 42.5 Å². The van der Waals surface area contributed by atoms with Gasteiger partial charge < -0.3 is 29.6 Å². The van der Waals surface area contributed by atoms with Crippen LogP contribution in [0.3, 0.4) is 0 Å². The summed E-state index contributed by atoms with van der Waals surface area (Å²) in [5, 5.41) is 33.4. The first-order valence-electron chi connectivity index (χ1n) is 23.0. The molecule has 1 amide bonds. The van der Waals surface area contributed by atoms with E-state index in [1.54, 1.807) is 99.2 Å². The number of hydrogen-bond acceptors (Lipinski definition) is 16. The van der Waals surface area contributed by atoms with Gasteiger partial charge in [-0.1, -0.05) is 53.6 Å². The van der Waals surface area contributed by atoms with E-state index in [-0.39, 0.29) is 38.7 Å². The Hall–Kier alpha value is -7.66. The molecule has 5 aromatic carbocycles. The standard InChI is InChI=1S/C21H24N2O3S2.C16H22N4O3S.C15H8ClNO6/c1-3-28(25,26)23-14-4-5-17-15-18(9-12-20(17)23)22-21(24)13-8-16-6-10-19(27-2)11-7-16;1-6-23-16-17-10-13(15(18-16)20(4)5)19-24(21,22)14-8-7-11(2)9-12(14)3;16-8-4-2-1-3-7(8)12-6-10(19)13-9(18)5-11(20)14(17(21)22)15(13)23-12/h6-13,15H,3-5,14H2,1-2H3,(H,22,24);7-10,19H,6H2,1-5H3;1-6,18,20H/b13-8+;;. The van der Waals surface area contributed by atoms with Gasteiger partial charge in [-0.3, -0.25) is 28.7 Å². The molecule has 2 aromatic heterocycles. The van der Waals surface area contributed by atoms with Crippen LogP contribution in [0.25, 0.3) is 28.4 Å². The van der Waals surface area contributed by atoms with Crippen LogP contribution in [0.5, 0.6) is 17.5 Å². The number of nitro groups is 1. The molecule has 1 aliphatic heterocycles. The van der Waals surface area contributed by atoms with Crippen LogP contribution < -0.4 is 29.4 Å². The number of hydrogen-bond donors (Lipinski definition) is 4. The number of phenolic OH excluding ortho intramolecular Hbond substituents is 2. The van der Waals surface area contributed by atoms with E-state index in [1.165, 1.54) is 21.5 Å². The smallest absolute Gasteiger partial charge is 0.353 e. The molecule has 0 saturated heterocycles. The Bertz CT molecular complexity index is 3580. The summed E-state index contributed by atoms with van der Waals surface area (Å²) in [6, 6.07) is 27.0. The van der Waals surface area contributed by atoms with Crippen molar-refractivity contribution in [1.29, 1.82) is 0 Å². The number of amides is 1. The summed E-state index contributed by atoms with van der Waals surface area (Å²) in [6.07, 6.45) is 8.28. The fraction of sp³-hybridized carbons (Fsp3) is 0.231. The highest BCUT2D eigenvalue weighted by Gasteiger charge is 2.28. The first-order chi connectivity index (χ1) is 35.6. The van der Waals surface area contributed by atoms with Crippen LogP contribution in [0, 0.1) is 24.0 Å². The number of halogens is 1. The van der Waals surface area contributed by atoms with Gasteiger partial charge in [-0.2, -0.15) is 4.98 Å². The maximum Gasteiger partial charge on any atom is 0.353 e. The fourth-order valence-corrected chi connectivity index (χ4v) is 10.8. The highest BCUT2D eigenvalue weighted by Crippen LogP contribution is 2.41. The highest BCUT2D eigenvalue weighted by atomic mass is 35.5. The molecule has 1 aliphatic rings. The fourth-order valence-electron chi connectivity index (χ4n) is 7.68. The highest BCUT2D eigenvalue weighted by molar-refractivity contribution is 7.98. The SMILES string of the molecule is CCOc1ncc(NS(=O)(=O)c2ccc(C)cc2C)c(N(C)C)n1.CCS(=O)(=O)N1CCCc2cc(NC(=O)/C=C/c3ccc(SC)cc3)ccc21.O=c1cc(-c2ccccc2Cl)oc2c([N+](=O)[O-])c(O)cc(O)c12. The molecule has 0 unspecified atom stereocenters. The molecular formula is C52H54ClN7O12S3. The molecule has 394 valence electrons. The van der Waals surface area contributed by atoms with Gasteiger partial charge in [0.2, 0.25) is 27.3 Å². The zero-order chi connectivity index (χ0) is 54.8. The topological polar surface area (TPSA) is 265 Å². The molecule has 0 fully saturated rings. The number of benzene rings is 5. The second-order valence-corrected chi connectivity index (χ2v) is 21.9. The third-order valence-electron chi connectivity index (χ3n) is 11.2. The average molecular weight is 1100 g/mol. The Balaban J connectivity index is 0.000000184. The largest absolute Gasteiger partial charge is 0.507 e. The lowest BCUT2D eigenvalue weighted by Crippen LogP contribution is -2.36. The van der Waals surface area contributed by atoms with Crippen molar-refractivity contribution < 1.29 is 45.9 Å². The number of phenols is 2. The number of carbonyl (C=O) groups excluding carboxylic acids is 1. The number of aromatic hydroxyl groups is 2. The molecule has 0 aliphatic carbocycles. The number of rotatable bonds is 14. The molecule has 0 atom stereocenters. The van der Waals surface area contributed by atoms with Crippen molar-refractivity contribution >= 4 is 94.9 Å². The summed E-state index contributed by atoms with van der Waals surface area (Å²) in [7, 11) is -3.48. The maximum absolute atomic E-state index is 12.7. The van der Waals surface area contributed by atoms with Gasteiger partial charge in [0.05, 0.1) is 39.1 Å². The van der Waals surface area contributed by atoms with Crippen LogP contribution >= 0.6 is 23.4 Å². The number of carbonyl (C=O) groups is 1. The quantitative estimate of drug-likeness (QED) is 0.0341. The summed E-state index contributed by atoms with van der Waals surface area (Å²) in [6.45, 7) is 8.10. The summed E-state index contributed by atoms with van der Waals surface area (Å²) in [4.78, 5) is 46.1. The number of nitrogens with one attached hydrogen (secondary N) is 2. The number of aryl methyl sites for hydroxylation is 3. The van der Waals surface area contributed by atoms with Gasteiger partial charge in [0.25, 0.3) is 10.0 Å². The number of nitrogens with zero attached hydrogens (tertiary/aromatic N) is 5. The Kier molecular flexibility index (Phi) is 18.6. The number of aromatic nitrogens is 2. The number of sulfonamides is 2. The molecular weight excluding hydrogens is 1050 g/mol. The van der Waals surface area contributed by atoms with E-state index in [0.29, 0.717) is 41.5 Å².